The number of aromatic carboxylic acids is 1. The van der Waals surface area contributed by atoms with Gasteiger partial charge in [-0.05, 0) is 23.8 Å². The van der Waals surface area contributed by atoms with Crippen LogP contribution in [-0.2, 0) is 6.42 Å². The van der Waals surface area contributed by atoms with Crippen molar-refractivity contribution in [2.24, 2.45) is 0 Å². The number of carboxylic acids is 1. The van der Waals surface area contributed by atoms with Crippen LogP contribution in [-0.4, -0.2) is 28.2 Å². The molecular weight excluding hydrogens is 268 g/mol. The fraction of sp³-hybridized carbons (Fsp3) is 0.154. The number of halogens is 1. The summed E-state index contributed by atoms with van der Waals surface area (Å²) >= 11 is 6.02. The number of methoxy groups -OCH3 is 1. The fourth-order valence-corrected chi connectivity index (χ4v) is 1.89. The van der Waals surface area contributed by atoms with Crippen LogP contribution in [0, 0.1) is 0 Å². The molecule has 1 aromatic carbocycles. The van der Waals surface area contributed by atoms with E-state index in [1.54, 1.807) is 19.2 Å². The Hall–Kier alpha value is -2.14. The smallest absolute Gasteiger partial charge is 0.354 e. The zero-order chi connectivity index (χ0) is 13.8. The van der Waals surface area contributed by atoms with Gasteiger partial charge in [0.25, 0.3) is 0 Å². The third kappa shape index (κ3) is 3.20. The van der Waals surface area contributed by atoms with Gasteiger partial charge in [0.15, 0.2) is 5.69 Å². The highest BCUT2D eigenvalue weighted by Gasteiger charge is 2.08. The van der Waals surface area contributed by atoms with E-state index < -0.39 is 5.97 Å². The third-order valence-corrected chi connectivity index (χ3v) is 2.80. The molecule has 0 unspecified atom stereocenters. The molecule has 0 aliphatic rings. The maximum absolute atomic E-state index is 10.8. The minimum Gasteiger partial charge on any atom is -0.495 e. The summed E-state index contributed by atoms with van der Waals surface area (Å²) in [6.45, 7) is 0. The number of carbonyl (C=O) groups is 1. The second-order valence-electron chi connectivity index (χ2n) is 3.81. The number of hydrogen-bond acceptors (Lipinski definition) is 4. The Morgan fingerprint density at radius 2 is 2.21 bits per heavy atom. The number of benzene rings is 1. The molecule has 6 heteroatoms. The van der Waals surface area contributed by atoms with Gasteiger partial charge < -0.3 is 9.84 Å². The monoisotopic (exact) mass is 278 g/mol. The summed E-state index contributed by atoms with van der Waals surface area (Å²) in [7, 11) is 1.54. The van der Waals surface area contributed by atoms with Crippen LogP contribution in [0.15, 0.2) is 30.5 Å². The summed E-state index contributed by atoms with van der Waals surface area (Å²) in [4.78, 5) is 18.8. The highest BCUT2D eigenvalue weighted by molar-refractivity contribution is 6.32. The van der Waals surface area contributed by atoms with Gasteiger partial charge in [0.2, 0.25) is 0 Å². The third-order valence-electron chi connectivity index (χ3n) is 2.50. The van der Waals surface area contributed by atoms with Crippen LogP contribution < -0.4 is 4.74 Å². The highest BCUT2D eigenvalue weighted by atomic mass is 35.5. The zero-order valence-corrected chi connectivity index (χ0v) is 10.9. The molecular formula is C13H11ClN2O3. The van der Waals surface area contributed by atoms with Gasteiger partial charge >= 0.3 is 5.97 Å². The zero-order valence-electron chi connectivity index (χ0n) is 10.1. The molecule has 0 bridgehead atoms. The van der Waals surface area contributed by atoms with Gasteiger partial charge in [-0.25, -0.2) is 14.8 Å². The first-order valence-electron chi connectivity index (χ1n) is 5.48. The minimum absolute atomic E-state index is 0.0235. The maximum atomic E-state index is 10.8. The van der Waals surface area contributed by atoms with E-state index >= 15 is 0 Å². The van der Waals surface area contributed by atoms with E-state index in [0.717, 1.165) is 5.56 Å². The Kier molecular flexibility index (Phi) is 3.97. The first-order chi connectivity index (χ1) is 9.10. The number of rotatable bonds is 4. The molecule has 5 nitrogen and oxygen atoms in total. The second kappa shape index (κ2) is 5.67. The molecule has 2 aromatic rings. The van der Waals surface area contributed by atoms with Crippen molar-refractivity contribution < 1.29 is 14.6 Å². The Morgan fingerprint density at radius 1 is 1.42 bits per heavy atom. The molecule has 0 aliphatic carbocycles. The molecule has 0 saturated carbocycles. The van der Waals surface area contributed by atoms with E-state index in [9.17, 15) is 4.79 Å². The van der Waals surface area contributed by atoms with Crippen molar-refractivity contribution in [1.29, 1.82) is 0 Å². The van der Waals surface area contributed by atoms with Gasteiger partial charge in [0, 0.05) is 12.6 Å². The van der Waals surface area contributed by atoms with Crippen LogP contribution in [0.3, 0.4) is 0 Å². The van der Waals surface area contributed by atoms with E-state index in [2.05, 4.69) is 9.97 Å². The average Bonchev–Trinajstić information content (AvgIpc) is 2.39. The molecule has 19 heavy (non-hydrogen) atoms. The van der Waals surface area contributed by atoms with Gasteiger partial charge in [-0.15, -0.1) is 0 Å². The molecule has 0 fully saturated rings. The Bertz CT molecular complexity index is 617. The minimum atomic E-state index is -1.07. The Labute approximate surface area is 114 Å². The molecule has 2 rings (SSSR count). The Balaban J connectivity index is 2.23. The molecule has 1 N–H and O–H groups in total. The van der Waals surface area contributed by atoms with Gasteiger partial charge in [-0.3, -0.25) is 0 Å². The quantitative estimate of drug-likeness (QED) is 0.930. The number of ether oxygens (including phenoxy) is 1. The van der Waals surface area contributed by atoms with Crippen molar-refractivity contribution in [3.8, 4) is 5.75 Å². The van der Waals surface area contributed by atoms with Crippen molar-refractivity contribution in [3.63, 3.8) is 0 Å². The summed E-state index contributed by atoms with van der Waals surface area (Å²) in [6.07, 6.45) is 1.84. The summed E-state index contributed by atoms with van der Waals surface area (Å²) in [5, 5.41) is 9.35. The second-order valence-corrected chi connectivity index (χ2v) is 4.22. The van der Waals surface area contributed by atoms with Crippen LogP contribution >= 0.6 is 11.6 Å². The molecule has 0 atom stereocenters. The molecule has 0 saturated heterocycles. The number of aromatic nitrogens is 2. The SMILES string of the molecule is COc1ccc(Cc2nccc(C(=O)O)n2)cc1Cl. The van der Waals surface area contributed by atoms with Crippen LogP contribution in [0.1, 0.15) is 21.9 Å². The fourth-order valence-electron chi connectivity index (χ4n) is 1.61. The lowest BCUT2D eigenvalue weighted by atomic mass is 10.1. The van der Waals surface area contributed by atoms with Gasteiger partial charge in [-0.2, -0.15) is 0 Å². The lowest BCUT2D eigenvalue weighted by Crippen LogP contribution is -2.05. The van der Waals surface area contributed by atoms with Crippen molar-refractivity contribution in [1.82, 2.24) is 9.97 Å². The summed E-state index contributed by atoms with van der Waals surface area (Å²) in [5.74, 6) is -0.0526. The van der Waals surface area contributed by atoms with Gasteiger partial charge in [-0.1, -0.05) is 17.7 Å². The highest BCUT2D eigenvalue weighted by Crippen LogP contribution is 2.25. The van der Waals surface area contributed by atoms with Crippen molar-refractivity contribution in [3.05, 3.63) is 52.6 Å². The van der Waals surface area contributed by atoms with Crippen molar-refractivity contribution in [2.75, 3.05) is 7.11 Å². The van der Waals surface area contributed by atoms with E-state index in [-0.39, 0.29) is 5.69 Å². The van der Waals surface area contributed by atoms with E-state index in [1.807, 2.05) is 6.07 Å². The lowest BCUT2D eigenvalue weighted by molar-refractivity contribution is 0.0690. The van der Waals surface area contributed by atoms with Crippen LogP contribution in [0.2, 0.25) is 5.02 Å². The summed E-state index contributed by atoms with van der Waals surface area (Å²) < 4.78 is 5.06. The summed E-state index contributed by atoms with van der Waals surface area (Å²) in [5.41, 5.74) is 0.859. The lowest BCUT2D eigenvalue weighted by Gasteiger charge is -2.05. The topological polar surface area (TPSA) is 72.3 Å². The van der Waals surface area contributed by atoms with Crippen LogP contribution in [0.4, 0.5) is 0 Å². The molecule has 1 aromatic heterocycles. The number of nitrogens with zero attached hydrogens (tertiary/aromatic N) is 2. The molecule has 98 valence electrons. The molecule has 0 spiro atoms. The molecule has 1 heterocycles. The van der Waals surface area contributed by atoms with Crippen LogP contribution in [0.5, 0.6) is 5.75 Å². The first kappa shape index (κ1) is 13.3. The predicted molar refractivity (Wildman–Crippen MR) is 69.8 cm³/mol. The predicted octanol–water partition coefficient (Wildman–Crippen LogP) is 2.43. The average molecular weight is 279 g/mol. The normalized spacial score (nSPS) is 10.2. The number of hydrogen-bond donors (Lipinski definition) is 1. The largest absolute Gasteiger partial charge is 0.495 e. The van der Waals surface area contributed by atoms with Crippen molar-refractivity contribution in [2.45, 2.75) is 6.42 Å². The van der Waals surface area contributed by atoms with E-state index in [0.29, 0.717) is 23.0 Å². The van der Waals surface area contributed by atoms with E-state index in [1.165, 1.54) is 12.3 Å². The Morgan fingerprint density at radius 3 is 2.84 bits per heavy atom. The molecule has 0 amide bonds. The van der Waals surface area contributed by atoms with Crippen LogP contribution in [0.25, 0.3) is 0 Å². The molecule has 0 aliphatic heterocycles. The van der Waals surface area contributed by atoms with E-state index in [4.69, 9.17) is 21.4 Å². The summed E-state index contributed by atoms with van der Waals surface area (Å²) in [6, 6.07) is 6.68. The first-order valence-corrected chi connectivity index (χ1v) is 5.85. The van der Waals surface area contributed by atoms with Gasteiger partial charge in [0.05, 0.1) is 12.1 Å². The standard InChI is InChI=1S/C13H11ClN2O3/c1-19-11-3-2-8(6-9(11)14)7-12-15-5-4-10(16-12)13(17)18/h2-6H,7H2,1H3,(H,17,18). The molecule has 0 radical (unpaired) electrons. The maximum Gasteiger partial charge on any atom is 0.354 e. The number of carboxylic acid groups (broad SMARTS) is 1. The van der Waals surface area contributed by atoms with Gasteiger partial charge in [0.1, 0.15) is 11.6 Å². The van der Waals surface area contributed by atoms with Crippen molar-refractivity contribution >= 4 is 17.6 Å².